The topological polar surface area (TPSA) is 68.5 Å². The van der Waals surface area contributed by atoms with Crippen molar-refractivity contribution in [3.63, 3.8) is 0 Å². The Balaban J connectivity index is 2.55. The minimum atomic E-state index is -0.608. The van der Waals surface area contributed by atoms with Crippen molar-refractivity contribution in [2.45, 2.75) is 65.5 Å². The van der Waals surface area contributed by atoms with E-state index in [4.69, 9.17) is 9.15 Å². The normalized spacial score (nSPS) is 13.0. The lowest BCUT2D eigenvalue weighted by Crippen LogP contribution is -2.45. The van der Waals surface area contributed by atoms with Gasteiger partial charge in [0.2, 0.25) is 5.91 Å². The Hall–Kier alpha value is -1.78. The van der Waals surface area contributed by atoms with Crippen LogP contribution in [-0.4, -0.2) is 23.5 Å². The molecule has 5 nitrogen and oxygen atoms in total. The second-order valence-electron chi connectivity index (χ2n) is 6.86. The lowest BCUT2D eigenvalue weighted by Gasteiger charge is -2.25. The van der Waals surface area contributed by atoms with E-state index in [1.54, 1.807) is 12.3 Å². The van der Waals surface area contributed by atoms with Crippen molar-refractivity contribution in [3.05, 3.63) is 24.2 Å². The second kappa shape index (κ2) is 8.01. The summed E-state index contributed by atoms with van der Waals surface area (Å²) in [6.07, 6.45) is 2.93. The van der Waals surface area contributed by atoms with E-state index in [-0.39, 0.29) is 24.2 Å². The standard InChI is InChI=1S/C17H27NO4/c1-12(2)11-14(16(20)22-17(3,4)5)18-15(19)9-8-13-7-6-10-21-13/h6-7,10,12,14H,8-9,11H2,1-5H3,(H,18,19)/t14-/m0/s1. The molecule has 1 heterocycles. The van der Waals surface area contributed by atoms with E-state index in [0.717, 1.165) is 5.76 Å². The first-order valence-electron chi connectivity index (χ1n) is 7.72. The molecule has 0 saturated heterocycles. The number of furan rings is 1. The van der Waals surface area contributed by atoms with Crippen molar-refractivity contribution >= 4 is 11.9 Å². The van der Waals surface area contributed by atoms with Crippen molar-refractivity contribution in [2.75, 3.05) is 0 Å². The molecule has 0 radical (unpaired) electrons. The van der Waals surface area contributed by atoms with Crippen LogP contribution in [0, 0.1) is 5.92 Å². The summed E-state index contributed by atoms with van der Waals surface area (Å²) in [6.45, 7) is 9.46. The monoisotopic (exact) mass is 309 g/mol. The molecule has 0 aliphatic carbocycles. The van der Waals surface area contributed by atoms with E-state index in [2.05, 4.69) is 5.32 Å². The predicted octanol–water partition coefficient (Wildman–Crippen LogP) is 3.08. The summed E-state index contributed by atoms with van der Waals surface area (Å²) >= 11 is 0. The molecule has 0 aliphatic rings. The zero-order valence-corrected chi connectivity index (χ0v) is 14.1. The number of nitrogens with one attached hydrogen (secondary N) is 1. The summed E-state index contributed by atoms with van der Waals surface area (Å²) in [5.74, 6) is 0.483. The smallest absolute Gasteiger partial charge is 0.329 e. The minimum Gasteiger partial charge on any atom is -0.469 e. The Morgan fingerprint density at radius 3 is 2.50 bits per heavy atom. The van der Waals surface area contributed by atoms with Crippen molar-refractivity contribution in [1.29, 1.82) is 0 Å². The molecule has 1 rings (SSSR count). The van der Waals surface area contributed by atoms with Crippen molar-refractivity contribution < 1.29 is 18.7 Å². The lowest BCUT2D eigenvalue weighted by molar-refractivity contribution is -0.159. The second-order valence-corrected chi connectivity index (χ2v) is 6.86. The summed E-state index contributed by atoms with van der Waals surface area (Å²) in [6, 6.07) is 3.01. The fourth-order valence-electron chi connectivity index (χ4n) is 2.02. The van der Waals surface area contributed by atoms with Crippen LogP contribution in [0.1, 0.15) is 53.2 Å². The van der Waals surface area contributed by atoms with Gasteiger partial charge in [-0.3, -0.25) is 4.79 Å². The number of esters is 1. The summed E-state index contributed by atoms with van der Waals surface area (Å²) in [4.78, 5) is 24.2. The fraction of sp³-hybridized carbons (Fsp3) is 0.647. The zero-order chi connectivity index (χ0) is 16.8. The number of amides is 1. The van der Waals surface area contributed by atoms with Crippen LogP contribution in [0.4, 0.5) is 0 Å². The zero-order valence-electron chi connectivity index (χ0n) is 14.1. The number of hydrogen-bond donors (Lipinski definition) is 1. The summed E-state index contributed by atoms with van der Waals surface area (Å²) in [5.41, 5.74) is -0.564. The van der Waals surface area contributed by atoms with E-state index < -0.39 is 11.6 Å². The van der Waals surface area contributed by atoms with Gasteiger partial charge in [-0.1, -0.05) is 13.8 Å². The van der Waals surface area contributed by atoms with Crippen LogP contribution in [0.25, 0.3) is 0 Å². The Bertz CT molecular complexity index is 471. The number of carbonyl (C=O) groups is 2. The summed E-state index contributed by atoms with van der Waals surface area (Å²) in [7, 11) is 0. The average molecular weight is 309 g/mol. The van der Waals surface area contributed by atoms with E-state index in [0.29, 0.717) is 12.8 Å². The maximum atomic E-state index is 12.2. The molecule has 0 saturated carbocycles. The molecule has 1 N–H and O–H groups in total. The third-order valence-electron chi connectivity index (χ3n) is 2.91. The number of ether oxygens (including phenoxy) is 1. The molecule has 0 unspecified atom stereocenters. The third-order valence-corrected chi connectivity index (χ3v) is 2.91. The summed E-state index contributed by atoms with van der Waals surface area (Å²) < 4.78 is 10.6. The van der Waals surface area contributed by atoms with Crippen LogP contribution >= 0.6 is 0 Å². The molecular weight excluding hydrogens is 282 g/mol. The largest absolute Gasteiger partial charge is 0.469 e. The van der Waals surface area contributed by atoms with Gasteiger partial charge in [0.1, 0.15) is 17.4 Å². The molecule has 1 amide bonds. The average Bonchev–Trinajstić information content (AvgIpc) is 2.86. The van der Waals surface area contributed by atoms with E-state index in [9.17, 15) is 9.59 Å². The molecule has 0 bridgehead atoms. The van der Waals surface area contributed by atoms with E-state index >= 15 is 0 Å². The minimum absolute atomic E-state index is 0.173. The Kier molecular flexibility index (Phi) is 6.65. The number of aryl methyl sites for hydroxylation is 1. The highest BCUT2D eigenvalue weighted by molar-refractivity contribution is 5.84. The van der Waals surface area contributed by atoms with Gasteiger partial charge in [-0.2, -0.15) is 0 Å². The molecule has 0 fully saturated rings. The van der Waals surface area contributed by atoms with Gasteiger partial charge in [-0.15, -0.1) is 0 Å². The Morgan fingerprint density at radius 2 is 2.00 bits per heavy atom. The first kappa shape index (κ1) is 18.3. The van der Waals surface area contributed by atoms with Crippen LogP contribution in [0.2, 0.25) is 0 Å². The van der Waals surface area contributed by atoms with Gasteiger partial charge in [0.15, 0.2) is 0 Å². The molecule has 124 valence electrons. The van der Waals surface area contributed by atoms with Crippen LogP contribution in [0.3, 0.4) is 0 Å². The highest BCUT2D eigenvalue weighted by Crippen LogP contribution is 2.13. The number of hydrogen-bond acceptors (Lipinski definition) is 4. The van der Waals surface area contributed by atoms with Gasteiger partial charge in [-0.25, -0.2) is 4.79 Å². The van der Waals surface area contributed by atoms with Gasteiger partial charge in [0.25, 0.3) is 0 Å². The fourth-order valence-corrected chi connectivity index (χ4v) is 2.02. The molecule has 0 aromatic carbocycles. The van der Waals surface area contributed by atoms with Crippen molar-refractivity contribution in [3.8, 4) is 0 Å². The maximum Gasteiger partial charge on any atom is 0.329 e. The molecule has 1 aromatic heterocycles. The third kappa shape index (κ3) is 7.29. The number of rotatable bonds is 7. The molecule has 1 atom stereocenters. The molecule has 0 spiro atoms. The van der Waals surface area contributed by atoms with Crippen LogP contribution < -0.4 is 5.32 Å². The molecule has 5 heteroatoms. The highest BCUT2D eigenvalue weighted by Gasteiger charge is 2.27. The lowest BCUT2D eigenvalue weighted by atomic mass is 10.0. The quantitative estimate of drug-likeness (QED) is 0.786. The van der Waals surface area contributed by atoms with Gasteiger partial charge >= 0.3 is 5.97 Å². The Labute approximate surface area is 132 Å². The van der Waals surface area contributed by atoms with Gasteiger partial charge in [-0.05, 0) is 45.2 Å². The van der Waals surface area contributed by atoms with Gasteiger partial charge in [0.05, 0.1) is 6.26 Å². The maximum absolute atomic E-state index is 12.2. The van der Waals surface area contributed by atoms with Crippen molar-refractivity contribution in [2.24, 2.45) is 5.92 Å². The predicted molar refractivity (Wildman–Crippen MR) is 84.3 cm³/mol. The molecule has 0 aliphatic heterocycles. The van der Waals surface area contributed by atoms with Crippen LogP contribution in [-0.2, 0) is 20.7 Å². The summed E-state index contributed by atoms with van der Waals surface area (Å²) in [5, 5.41) is 2.78. The van der Waals surface area contributed by atoms with Crippen LogP contribution in [0.15, 0.2) is 22.8 Å². The highest BCUT2D eigenvalue weighted by atomic mass is 16.6. The molecule has 1 aromatic rings. The van der Waals surface area contributed by atoms with E-state index in [1.807, 2.05) is 40.7 Å². The first-order chi connectivity index (χ1) is 10.2. The van der Waals surface area contributed by atoms with Crippen LogP contribution in [0.5, 0.6) is 0 Å². The molecule has 22 heavy (non-hydrogen) atoms. The van der Waals surface area contributed by atoms with Crippen molar-refractivity contribution in [1.82, 2.24) is 5.32 Å². The van der Waals surface area contributed by atoms with E-state index in [1.165, 1.54) is 0 Å². The SMILES string of the molecule is CC(C)C[C@H](NC(=O)CCc1ccco1)C(=O)OC(C)(C)C. The number of carbonyl (C=O) groups excluding carboxylic acids is 2. The Morgan fingerprint density at radius 1 is 1.32 bits per heavy atom. The molecular formula is C17H27NO4. The van der Waals surface area contributed by atoms with Gasteiger partial charge < -0.3 is 14.5 Å². The first-order valence-corrected chi connectivity index (χ1v) is 7.72. The van der Waals surface area contributed by atoms with Gasteiger partial charge in [0, 0.05) is 12.8 Å².